The van der Waals surface area contributed by atoms with Crippen molar-refractivity contribution in [1.82, 2.24) is 14.3 Å². The summed E-state index contributed by atoms with van der Waals surface area (Å²) in [5.41, 5.74) is 3.31. The molecule has 0 spiro atoms. The number of carbonyl (C=O) groups is 1. The number of aryl methyl sites for hydroxylation is 2. The van der Waals surface area contributed by atoms with Crippen molar-refractivity contribution >= 4 is 33.3 Å². The van der Waals surface area contributed by atoms with Gasteiger partial charge in [-0.15, -0.1) is 0 Å². The first kappa shape index (κ1) is 21.4. The molecule has 0 saturated heterocycles. The monoisotopic (exact) mass is 425 g/mol. The van der Waals surface area contributed by atoms with Crippen molar-refractivity contribution in [1.29, 1.82) is 0 Å². The molecule has 0 unspecified atom stereocenters. The molecule has 3 rings (SSSR count). The third-order valence-electron chi connectivity index (χ3n) is 4.25. The maximum Gasteiger partial charge on any atom is 0.255 e. The van der Waals surface area contributed by atoms with Crippen LogP contribution in [0.5, 0.6) is 0 Å². The summed E-state index contributed by atoms with van der Waals surface area (Å²) in [6.07, 6.45) is 0. The van der Waals surface area contributed by atoms with E-state index in [-0.39, 0.29) is 10.8 Å². The quantitative estimate of drug-likeness (QED) is 0.628. The van der Waals surface area contributed by atoms with Crippen LogP contribution in [0.1, 0.15) is 21.7 Å². The van der Waals surface area contributed by atoms with E-state index in [9.17, 15) is 13.2 Å². The van der Waals surface area contributed by atoms with Gasteiger partial charge in [-0.25, -0.2) is 22.7 Å². The minimum absolute atomic E-state index is 0.158. The predicted molar refractivity (Wildman–Crippen MR) is 116 cm³/mol. The van der Waals surface area contributed by atoms with Gasteiger partial charge in [0.2, 0.25) is 16.0 Å². The van der Waals surface area contributed by atoms with Crippen molar-refractivity contribution in [3.63, 3.8) is 0 Å². The minimum Gasteiger partial charge on any atom is -0.324 e. The molecule has 30 heavy (non-hydrogen) atoms. The third-order valence-corrected chi connectivity index (χ3v) is 6.08. The zero-order valence-electron chi connectivity index (χ0n) is 17.2. The second-order valence-electron chi connectivity index (χ2n) is 6.95. The van der Waals surface area contributed by atoms with E-state index >= 15 is 0 Å². The standard InChI is InChI=1S/C21H23N5O3S/c1-14-12-15(2)23-21(22-14)25-18-7-5-6-16(13-18)20(27)24-17-8-10-19(11-9-17)30(28,29)26(3)4/h5-13H,1-4H3,(H,24,27)(H,22,23,25). The van der Waals surface area contributed by atoms with Crippen LogP contribution in [0, 0.1) is 13.8 Å². The average molecular weight is 426 g/mol. The van der Waals surface area contributed by atoms with Crippen LogP contribution < -0.4 is 10.6 Å². The molecule has 8 nitrogen and oxygen atoms in total. The van der Waals surface area contributed by atoms with Gasteiger partial charge in [0.1, 0.15) is 0 Å². The van der Waals surface area contributed by atoms with Crippen LogP contribution in [0.3, 0.4) is 0 Å². The van der Waals surface area contributed by atoms with Gasteiger partial charge in [-0.05, 0) is 62.4 Å². The Balaban J connectivity index is 1.74. The van der Waals surface area contributed by atoms with Crippen molar-refractivity contribution in [2.24, 2.45) is 0 Å². The number of sulfonamides is 1. The zero-order valence-corrected chi connectivity index (χ0v) is 18.0. The highest BCUT2D eigenvalue weighted by atomic mass is 32.2. The van der Waals surface area contributed by atoms with E-state index in [0.29, 0.717) is 22.9 Å². The molecule has 0 atom stereocenters. The van der Waals surface area contributed by atoms with Gasteiger partial charge in [-0.1, -0.05) is 6.07 Å². The van der Waals surface area contributed by atoms with E-state index in [2.05, 4.69) is 20.6 Å². The Morgan fingerprint density at radius 3 is 2.13 bits per heavy atom. The number of anilines is 3. The average Bonchev–Trinajstić information content (AvgIpc) is 2.67. The number of benzene rings is 2. The fourth-order valence-corrected chi connectivity index (χ4v) is 3.68. The summed E-state index contributed by atoms with van der Waals surface area (Å²) >= 11 is 0. The van der Waals surface area contributed by atoms with E-state index in [0.717, 1.165) is 15.7 Å². The Kier molecular flexibility index (Phi) is 6.14. The van der Waals surface area contributed by atoms with Crippen LogP contribution in [0.4, 0.5) is 17.3 Å². The molecule has 2 aromatic carbocycles. The van der Waals surface area contributed by atoms with Crippen LogP contribution in [-0.4, -0.2) is 42.7 Å². The number of hydrogen-bond donors (Lipinski definition) is 2. The summed E-state index contributed by atoms with van der Waals surface area (Å²) in [5, 5.41) is 5.87. The molecule has 1 aromatic heterocycles. The van der Waals surface area contributed by atoms with E-state index in [1.165, 1.54) is 26.2 Å². The van der Waals surface area contributed by atoms with Crippen molar-refractivity contribution in [3.8, 4) is 0 Å². The van der Waals surface area contributed by atoms with E-state index in [4.69, 9.17) is 0 Å². The number of nitrogens with one attached hydrogen (secondary N) is 2. The van der Waals surface area contributed by atoms with Crippen molar-refractivity contribution in [2.75, 3.05) is 24.7 Å². The molecule has 0 saturated carbocycles. The SMILES string of the molecule is Cc1cc(C)nc(Nc2cccc(C(=O)Nc3ccc(S(=O)(=O)N(C)C)cc3)c2)n1. The number of rotatable bonds is 6. The lowest BCUT2D eigenvalue weighted by atomic mass is 10.2. The summed E-state index contributed by atoms with van der Waals surface area (Å²) in [7, 11) is -0.581. The van der Waals surface area contributed by atoms with Crippen LogP contribution in [0.25, 0.3) is 0 Å². The second-order valence-corrected chi connectivity index (χ2v) is 9.10. The summed E-state index contributed by atoms with van der Waals surface area (Å²) in [4.78, 5) is 21.5. The maximum absolute atomic E-state index is 12.6. The lowest BCUT2D eigenvalue weighted by Crippen LogP contribution is -2.22. The molecule has 0 bridgehead atoms. The number of amides is 1. The highest BCUT2D eigenvalue weighted by Gasteiger charge is 2.17. The Labute approximate surface area is 176 Å². The molecule has 0 aliphatic heterocycles. The van der Waals surface area contributed by atoms with Crippen LogP contribution in [-0.2, 0) is 10.0 Å². The Bertz CT molecular complexity index is 1160. The summed E-state index contributed by atoms with van der Waals surface area (Å²) in [6, 6.07) is 14.9. The van der Waals surface area contributed by atoms with Gasteiger partial charge in [0.15, 0.2) is 0 Å². The van der Waals surface area contributed by atoms with Gasteiger partial charge in [-0.2, -0.15) is 0 Å². The fourth-order valence-electron chi connectivity index (χ4n) is 2.77. The van der Waals surface area contributed by atoms with Gasteiger partial charge in [0.25, 0.3) is 5.91 Å². The highest BCUT2D eigenvalue weighted by Crippen LogP contribution is 2.19. The molecule has 0 fully saturated rings. The van der Waals surface area contributed by atoms with Crippen molar-refractivity contribution in [3.05, 3.63) is 71.5 Å². The predicted octanol–water partition coefficient (Wildman–Crippen LogP) is 3.34. The molecule has 9 heteroatoms. The van der Waals surface area contributed by atoms with Gasteiger partial charge in [0, 0.05) is 42.4 Å². The van der Waals surface area contributed by atoms with Gasteiger partial charge in [-0.3, -0.25) is 4.79 Å². The second kappa shape index (κ2) is 8.60. The molecule has 3 aromatic rings. The highest BCUT2D eigenvalue weighted by molar-refractivity contribution is 7.89. The van der Waals surface area contributed by atoms with Gasteiger partial charge < -0.3 is 10.6 Å². The molecule has 0 aliphatic carbocycles. The van der Waals surface area contributed by atoms with Crippen molar-refractivity contribution in [2.45, 2.75) is 18.7 Å². The summed E-state index contributed by atoms with van der Waals surface area (Å²) in [5.74, 6) is 0.144. The molecule has 0 radical (unpaired) electrons. The molecule has 0 aliphatic rings. The number of hydrogen-bond acceptors (Lipinski definition) is 6. The smallest absolute Gasteiger partial charge is 0.255 e. The lowest BCUT2D eigenvalue weighted by Gasteiger charge is -2.12. The first-order chi connectivity index (χ1) is 14.1. The number of carbonyl (C=O) groups excluding carboxylic acids is 1. The van der Waals surface area contributed by atoms with E-state index in [1.807, 2.05) is 26.0 Å². The van der Waals surface area contributed by atoms with Crippen LogP contribution in [0.15, 0.2) is 59.5 Å². The molecule has 156 valence electrons. The summed E-state index contributed by atoms with van der Waals surface area (Å²) in [6.45, 7) is 3.78. The molecular weight excluding hydrogens is 402 g/mol. The van der Waals surface area contributed by atoms with E-state index in [1.54, 1.807) is 30.3 Å². The first-order valence-corrected chi connectivity index (χ1v) is 10.6. The Morgan fingerprint density at radius 1 is 0.900 bits per heavy atom. The van der Waals surface area contributed by atoms with E-state index < -0.39 is 10.0 Å². The molecule has 1 heterocycles. The largest absolute Gasteiger partial charge is 0.324 e. The zero-order chi connectivity index (χ0) is 21.9. The third kappa shape index (κ3) is 5.00. The van der Waals surface area contributed by atoms with Gasteiger partial charge >= 0.3 is 0 Å². The molecule has 2 N–H and O–H groups in total. The first-order valence-electron chi connectivity index (χ1n) is 9.18. The summed E-state index contributed by atoms with van der Waals surface area (Å²) < 4.78 is 25.4. The molecule has 1 amide bonds. The topological polar surface area (TPSA) is 104 Å². The fraction of sp³-hybridized carbons (Fsp3) is 0.190. The Hall–Kier alpha value is -3.30. The van der Waals surface area contributed by atoms with Crippen LogP contribution >= 0.6 is 0 Å². The maximum atomic E-state index is 12.6. The number of aromatic nitrogens is 2. The number of nitrogens with zero attached hydrogens (tertiary/aromatic N) is 3. The normalized spacial score (nSPS) is 11.4. The van der Waals surface area contributed by atoms with Crippen molar-refractivity contribution < 1.29 is 13.2 Å². The Morgan fingerprint density at radius 2 is 1.53 bits per heavy atom. The molecular formula is C21H23N5O3S. The minimum atomic E-state index is -3.52. The van der Waals surface area contributed by atoms with Gasteiger partial charge in [0.05, 0.1) is 4.90 Å². The lowest BCUT2D eigenvalue weighted by molar-refractivity contribution is 0.102. The van der Waals surface area contributed by atoms with Crippen LogP contribution in [0.2, 0.25) is 0 Å².